The Morgan fingerprint density at radius 1 is 1.28 bits per heavy atom. The van der Waals surface area contributed by atoms with Crippen molar-refractivity contribution in [3.63, 3.8) is 0 Å². The summed E-state index contributed by atoms with van der Waals surface area (Å²) in [6.07, 6.45) is 6.91. The molecule has 0 heterocycles. The highest BCUT2D eigenvalue weighted by Gasteiger charge is 2.42. The van der Waals surface area contributed by atoms with Gasteiger partial charge in [-0.15, -0.1) is 0 Å². The average Bonchev–Trinajstić information content (AvgIpc) is 3.11. The van der Waals surface area contributed by atoms with Crippen molar-refractivity contribution >= 4 is 0 Å². The molecule has 1 nitrogen and oxygen atoms in total. The van der Waals surface area contributed by atoms with Gasteiger partial charge in [0.25, 0.3) is 0 Å². The van der Waals surface area contributed by atoms with Crippen LogP contribution in [0, 0.1) is 12.8 Å². The van der Waals surface area contributed by atoms with E-state index >= 15 is 0 Å². The summed E-state index contributed by atoms with van der Waals surface area (Å²) in [5.41, 5.74) is 3.37. The molecule has 2 aliphatic rings. The number of hydrogen-bond acceptors (Lipinski definition) is 1. The van der Waals surface area contributed by atoms with Gasteiger partial charge in [-0.05, 0) is 44.1 Å². The van der Waals surface area contributed by atoms with E-state index in [4.69, 9.17) is 0 Å². The summed E-state index contributed by atoms with van der Waals surface area (Å²) in [5, 5.41) is 3.79. The van der Waals surface area contributed by atoms with Gasteiger partial charge in [-0.2, -0.15) is 0 Å². The van der Waals surface area contributed by atoms with Gasteiger partial charge in [0.15, 0.2) is 0 Å². The number of nitrogens with one attached hydrogen (secondary N) is 1. The highest BCUT2D eigenvalue weighted by molar-refractivity contribution is 5.32. The molecule has 2 unspecified atom stereocenters. The molecule has 2 fully saturated rings. The molecule has 2 atom stereocenters. The van der Waals surface area contributed by atoms with Crippen LogP contribution < -0.4 is 5.32 Å². The van der Waals surface area contributed by atoms with Crippen molar-refractivity contribution in [3.05, 3.63) is 35.4 Å². The van der Waals surface area contributed by atoms with Gasteiger partial charge in [0.2, 0.25) is 0 Å². The van der Waals surface area contributed by atoms with E-state index in [1.54, 1.807) is 5.56 Å². The van der Waals surface area contributed by atoms with Gasteiger partial charge in [-0.3, -0.25) is 0 Å². The predicted molar refractivity (Wildman–Crippen MR) is 76.9 cm³/mol. The highest BCUT2D eigenvalue weighted by atomic mass is 15.0. The molecule has 98 valence electrons. The van der Waals surface area contributed by atoms with Crippen molar-refractivity contribution in [2.45, 2.75) is 57.4 Å². The maximum atomic E-state index is 3.79. The van der Waals surface area contributed by atoms with E-state index in [2.05, 4.69) is 43.4 Å². The summed E-state index contributed by atoms with van der Waals surface area (Å²) in [7, 11) is 0. The molecule has 0 radical (unpaired) electrons. The number of aryl methyl sites for hydroxylation is 1. The van der Waals surface area contributed by atoms with Gasteiger partial charge in [-0.1, -0.05) is 43.2 Å². The van der Waals surface area contributed by atoms with Crippen LogP contribution in [0.5, 0.6) is 0 Å². The van der Waals surface area contributed by atoms with E-state index in [1.807, 2.05) is 0 Å². The molecule has 1 N–H and O–H groups in total. The van der Waals surface area contributed by atoms with Crippen LogP contribution in [-0.2, 0) is 5.41 Å². The predicted octanol–water partition coefficient (Wildman–Crippen LogP) is 3.80. The second-order valence-corrected chi connectivity index (χ2v) is 6.47. The smallest absolute Gasteiger partial charge is 0.0103 e. The first-order valence-corrected chi connectivity index (χ1v) is 7.51. The zero-order valence-electron chi connectivity index (χ0n) is 11.7. The van der Waals surface area contributed by atoms with Crippen LogP contribution in [0.1, 0.15) is 50.2 Å². The highest BCUT2D eigenvalue weighted by Crippen LogP contribution is 2.45. The summed E-state index contributed by atoms with van der Waals surface area (Å²) in [4.78, 5) is 0. The fourth-order valence-electron chi connectivity index (χ4n) is 3.61. The Hall–Kier alpha value is -0.820. The third kappa shape index (κ3) is 2.21. The van der Waals surface area contributed by atoms with Gasteiger partial charge in [0.05, 0.1) is 0 Å². The van der Waals surface area contributed by atoms with E-state index in [0.29, 0.717) is 5.41 Å². The molecule has 1 aromatic carbocycles. The minimum Gasteiger partial charge on any atom is -0.313 e. The standard InChI is InChI=1S/C17H25N/c1-13-5-3-7-15(11-13)17(10-4-6-14(17)2)12-18-16-8-9-16/h3,5,7,11,14,16,18H,4,6,8-10,12H2,1-2H3. The van der Waals surface area contributed by atoms with Gasteiger partial charge in [0, 0.05) is 18.0 Å². The van der Waals surface area contributed by atoms with Crippen molar-refractivity contribution in [1.82, 2.24) is 5.32 Å². The first kappa shape index (κ1) is 12.2. The minimum atomic E-state index is 0.397. The monoisotopic (exact) mass is 243 g/mol. The number of rotatable bonds is 4. The van der Waals surface area contributed by atoms with Gasteiger partial charge in [0.1, 0.15) is 0 Å². The molecule has 1 aromatic rings. The van der Waals surface area contributed by atoms with Crippen LogP contribution in [0.15, 0.2) is 24.3 Å². The van der Waals surface area contributed by atoms with E-state index in [0.717, 1.165) is 12.0 Å². The fraction of sp³-hybridized carbons (Fsp3) is 0.647. The van der Waals surface area contributed by atoms with E-state index in [9.17, 15) is 0 Å². The zero-order valence-corrected chi connectivity index (χ0v) is 11.7. The lowest BCUT2D eigenvalue weighted by Gasteiger charge is -2.35. The molecule has 0 saturated heterocycles. The molecule has 0 spiro atoms. The minimum absolute atomic E-state index is 0.397. The van der Waals surface area contributed by atoms with Crippen molar-refractivity contribution < 1.29 is 0 Å². The topological polar surface area (TPSA) is 12.0 Å². The molecule has 2 saturated carbocycles. The number of hydrogen-bond donors (Lipinski definition) is 1. The lowest BCUT2D eigenvalue weighted by molar-refractivity contribution is 0.316. The van der Waals surface area contributed by atoms with Crippen LogP contribution in [0.25, 0.3) is 0 Å². The Labute approximate surface area is 111 Å². The summed E-state index contributed by atoms with van der Waals surface area (Å²) in [5.74, 6) is 0.811. The summed E-state index contributed by atoms with van der Waals surface area (Å²) >= 11 is 0. The third-order valence-electron chi connectivity index (χ3n) is 5.08. The van der Waals surface area contributed by atoms with Crippen molar-refractivity contribution in [3.8, 4) is 0 Å². The normalized spacial score (nSPS) is 31.8. The van der Waals surface area contributed by atoms with E-state index in [-0.39, 0.29) is 0 Å². The molecular weight excluding hydrogens is 218 g/mol. The second kappa shape index (κ2) is 4.70. The summed E-state index contributed by atoms with van der Waals surface area (Å²) in [6, 6.07) is 10.0. The van der Waals surface area contributed by atoms with Crippen molar-refractivity contribution in [2.75, 3.05) is 6.54 Å². The Kier molecular flexibility index (Phi) is 3.19. The van der Waals surface area contributed by atoms with Gasteiger partial charge < -0.3 is 5.32 Å². The Morgan fingerprint density at radius 3 is 2.72 bits per heavy atom. The van der Waals surface area contributed by atoms with Crippen LogP contribution in [-0.4, -0.2) is 12.6 Å². The van der Waals surface area contributed by atoms with E-state index in [1.165, 1.54) is 44.2 Å². The van der Waals surface area contributed by atoms with E-state index < -0.39 is 0 Å². The molecule has 0 bridgehead atoms. The van der Waals surface area contributed by atoms with Crippen LogP contribution >= 0.6 is 0 Å². The first-order chi connectivity index (χ1) is 8.71. The first-order valence-electron chi connectivity index (χ1n) is 7.51. The van der Waals surface area contributed by atoms with Crippen molar-refractivity contribution in [2.24, 2.45) is 5.92 Å². The fourth-order valence-corrected chi connectivity index (χ4v) is 3.61. The molecule has 0 aliphatic heterocycles. The molecule has 18 heavy (non-hydrogen) atoms. The third-order valence-corrected chi connectivity index (χ3v) is 5.08. The molecule has 0 amide bonds. The second-order valence-electron chi connectivity index (χ2n) is 6.47. The Balaban J connectivity index is 1.88. The summed E-state index contributed by atoms with van der Waals surface area (Å²) < 4.78 is 0. The molecular formula is C17H25N. The maximum Gasteiger partial charge on any atom is 0.0103 e. The molecule has 3 rings (SSSR count). The van der Waals surface area contributed by atoms with Crippen LogP contribution in [0.2, 0.25) is 0 Å². The SMILES string of the molecule is Cc1cccc(C2(CNC3CC3)CCCC2C)c1. The Morgan fingerprint density at radius 2 is 2.11 bits per heavy atom. The lowest BCUT2D eigenvalue weighted by atomic mass is 9.72. The molecule has 2 aliphatic carbocycles. The quantitative estimate of drug-likeness (QED) is 0.848. The lowest BCUT2D eigenvalue weighted by Crippen LogP contribution is -2.41. The van der Waals surface area contributed by atoms with Crippen LogP contribution in [0.3, 0.4) is 0 Å². The summed E-state index contributed by atoms with van der Waals surface area (Å²) in [6.45, 7) is 5.84. The van der Waals surface area contributed by atoms with Crippen molar-refractivity contribution in [1.29, 1.82) is 0 Å². The van der Waals surface area contributed by atoms with Gasteiger partial charge in [-0.25, -0.2) is 0 Å². The molecule has 0 aromatic heterocycles. The maximum absolute atomic E-state index is 3.79. The average molecular weight is 243 g/mol. The zero-order chi connectivity index (χ0) is 12.6. The largest absolute Gasteiger partial charge is 0.313 e. The Bertz CT molecular complexity index is 421. The van der Waals surface area contributed by atoms with Crippen LogP contribution in [0.4, 0.5) is 0 Å². The van der Waals surface area contributed by atoms with Gasteiger partial charge >= 0.3 is 0 Å². The molecule has 1 heteroatoms. The number of benzene rings is 1.